The molecule has 0 bridgehead atoms. The van der Waals surface area contributed by atoms with Gasteiger partial charge in [-0.3, -0.25) is 9.59 Å². The molecule has 0 aliphatic carbocycles. The van der Waals surface area contributed by atoms with Crippen molar-refractivity contribution in [3.63, 3.8) is 0 Å². The lowest BCUT2D eigenvalue weighted by molar-refractivity contribution is -0.136. The first kappa shape index (κ1) is 19.5. The normalized spacial score (nSPS) is 11.1. The van der Waals surface area contributed by atoms with Gasteiger partial charge in [0.15, 0.2) is 0 Å². The molecule has 0 aliphatic rings. The molecule has 0 aromatic heterocycles. The average Bonchev–Trinajstić information content (AvgIpc) is 2.61. The summed E-state index contributed by atoms with van der Waals surface area (Å²) in [5.41, 5.74) is -0.882. The van der Waals surface area contributed by atoms with Crippen LogP contribution in [0.1, 0.15) is 46.0 Å². The largest absolute Gasteiger partial charge is 0.418 e. The van der Waals surface area contributed by atoms with Crippen LogP contribution in [0.3, 0.4) is 0 Å². The van der Waals surface area contributed by atoms with Crippen molar-refractivity contribution in [2.24, 2.45) is 0 Å². The number of carbonyl (C=O) groups is 2. The molecule has 4 nitrogen and oxygen atoms in total. The molecule has 0 unspecified atom stereocenters. The van der Waals surface area contributed by atoms with Gasteiger partial charge in [-0.1, -0.05) is 31.5 Å². The van der Waals surface area contributed by atoms with Crippen molar-refractivity contribution in [2.45, 2.75) is 25.9 Å². The third-order valence-electron chi connectivity index (χ3n) is 3.68. The molecule has 0 aliphatic heterocycles. The Labute approximate surface area is 149 Å². The Morgan fingerprint density at radius 3 is 2.27 bits per heavy atom. The van der Waals surface area contributed by atoms with E-state index in [2.05, 4.69) is 10.6 Å². The summed E-state index contributed by atoms with van der Waals surface area (Å²) in [6, 6.07) is 10.6. The number of para-hydroxylation sites is 1. The van der Waals surface area contributed by atoms with Gasteiger partial charge >= 0.3 is 6.18 Å². The van der Waals surface area contributed by atoms with Crippen LogP contribution in [0.15, 0.2) is 48.5 Å². The highest BCUT2D eigenvalue weighted by atomic mass is 19.4. The van der Waals surface area contributed by atoms with Crippen LogP contribution in [0.4, 0.5) is 18.9 Å². The van der Waals surface area contributed by atoms with Crippen LogP contribution in [-0.4, -0.2) is 18.4 Å². The highest BCUT2D eigenvalue weighted by molar-refractivity contribution is 6.06. The third kappa shape index (κ3) is 5.08. The van der Waals surface area contributed by atoms with Gasteiger partial charge < -0.3 is 10.6 Å². The van der Waals surface area contributed by atoms with Gasteiger partial charge in [0.2, 0.25) is 0 Å². The fraction of sp³-hybridized carbons (Fsp3) is 0.263. The predicted octanol–water partition coefficient (Wildman–Crippen LogP) is 4.49. The Hall–Kier alpha value is -2.83. The third-order valence-corrected chi connectivity index (χ3v) is 3.68. The summed E-state index contributed by atoms with van der Waals surface area (Å²) in [5, 5.41) is 4.99. The van der Waals surface area contributed by atoms with Crippen LogP contribution in [0, 0.1) is 0 Å². The summed E-state index contributed by atoms with van der Waals surface area (Å²) < 4.78 is 39.0. The molecule has 7 heteroatoms. The zero-order valence-corrected chi connectivity index (χ0v) is 14.2. The Bertz CT molecular complexity index is 788. The lowest BCUT2D eigenvalue weighted by atomic mass is 10.1. The molecule has 2 N–H and O–H groups in total. The molecule has 2 amide bonds. The summed E-state index contributed by atoms with van der Waals surface area (Å²) in [6.45, 7) is 2.51. The van der Waals surface area contributed by atoms with Crippen molar-refractivity contribution in [2.75, 3.05) is 11.9 Å². The number of rotatable bonds is 6. The van der Waals surface area contributed by atoms with Crippen LogP contribution in [0.2, 0.25) is 0 Å². The number of unbranched alkanes of at least 4 members (excludes halogenated alkanes) is 1. The molecule has 26 heavy (non-hydrogen) atoms. The van der Waals surface area contributed by atoms with Gasteiger partial charge in [0.25, 0.3) is 11.8 Å². The van der Waals surface area contributed by atoms with Crippen molar-refractivity contribution in [1.82, 2.24) is 5.32 Å². The number of benzene rings is 2. The number of carbonyl (C=O) groups excluding carboxylic acids is 2. The fourth-order valence-electron chi connectivity index (χ4n) is 2.32. The summed E-state index contributed by atoms with van der Waals surface area (Å²) in [4.78, 5) is 24.4. The van der Waals surface area contributed by atoms with Gasteiger partial charge in [0.1, 0.15) is 0 Å². The molecule has 0 heterocycles. The van der Waals surface area contributed by atoms with Crippen LogP contribution >= 0.6 is 0 Å². The Morgan fingerprint density at radius 2 is 1.62 bits per heavy atom. The first-order valence-corrected chi connectivity index (χ1v) is 8.18. The fourth-order valence-corrected chi connectivity index (χ4v) is 2.32. The average molecular weight is 364 g/mol. The number of anilines is 1. The minimum absolute atomic E-state index is 0.102. The summed E-state index contributed by atoms with van der Waals surface area (Å²) >= 11 is 0. The maximum absolute atomic E-state index is 13.0. The minimum Gasteiger partial charge on any atom is -0.352 e. The van der Waals surface area contributed by atoms with E-state index < -0.39 is 17.6 Å². The molecule has 2 aromatic carbocycles. The number of nitrogens with one attached hydrogen (secondary N) is 2. The van der Waals surface area contributed by atoms with Gasteiger partial charge in [0, 0.05) is 17.7 Å². The SMILES string of the molecule is CCCCNC(=O)c1cccc(C(=O)Nc2ccccc2C(F)(F)F)c1. The van der Waals surface area contributed by atoms with E-state index in [1.54, 1.807) is 6.07 Å². The van der Waals surface area contributed by atoms with E-state index in [9.17, 15) is 22.8 Å². The van der Waals surface area contributed by atoms with Gasteiger partial charge in [-0.25, -0.2) is 0 Å². The minimum atomic E-state index is -4.58. The molecule has 0 saturated carbocycles. The van der Waals surface area contributed by atoms with Crippen LogP contribution in [-0.2, 0) is 6.18 Å². The summed E-state index contributed by atoms with van der Waals surface area (Å²) in [7, 11) is 0. The number of alkyl halides is 3. The first-order valence-electron chi connectivity index (χ1n) is 8.18. The van der Waals surface area contributed by atoms with Crippen molar-refractivity contribution >= 4 is 17.5 Å². The van der Waals surface area contributed by atoms with E-state index in [-0.39, 0.29) is 22.7 Å². The molecule has 0 atom stereocenters. The zero-order valence-electron chi connectivity index (χ0n) is 14.2. The van der Waals surface area contributed by atoms with Gasteiger partial charge in [-0.2, -0.15) is 13.2 Å². The lowest BCUT2D eigenvalue weighted by Crippen LogP contribution is -2.24. The van der Waals surface area contributed by atoms with E-state index in [0.717, 1.165) is 18.9 Å². The van der Waals surface area contributed by atoms with Crippen molar-refractivity contribution in [3.05, 3.63) is 65.2 Å². The molecule has 0 radical (unpaired) electrons. The number of hydrogen-bond acceptors (Lipinski definition) is 2. The van der Waals surface area contributed by atoms with Crippen molar-refractivity contribution < 1.29 is 22.8 Å². The van der Waals surface area contributed by atoms with Gasteiger partial charge in [-0.15, -0.1) is 0 Å². The molecule has 0 saturated heterocycles. The molecule has 2 rings (SSSR count). The van der Waals surface area contributed by atoms with E-state index in [4.69, 9.17) is 0 Å². The van der Waals surface area contributed by atoms with Gasteiger partial charge in [0.05, 0.1) is 11.3 Å². The monoisotopic (exact) mass is 364 g/mol. The van der Waals surface area contributed by atoms with Crippen molar-refractivity contribution in [1.29, 1.82) is 0 Å². The molecule has 138 valence electrons. The maximum atomic E-state index is 13.0. The van der Waals surface area contributed by atoms with E-state index >= 15 is 0 Å². The molecular formula is C19H19F3N2O2. The van der Waals surface area contributed by atoms with E-state index in [0.29, 0.717) is 6.54 Å². The molecule has 0 spiro atoms. The first-order chi connectivity index (χ1) is 12.3. The maximum Gasteiger partial charge on any atom is 0.418 e. The van der Waals surface area contributed by atoms with Gasteiger partial charge in [-0.05, 0) is 36.8 Å². The second-order valence-electron chi connectivity index (χ2n) is 5.69. The smallest absolute Gasteiger partial charge is 0.352 e. The quantitative estimate of drug-likeness (QED) is 0.742. The summed E-state index contributed by atoms with van der Waals surface area (Å²) in [6.07, 6.45) is -2.81. The topological polar surface area (TPSA) is 58.2 Å². The highest BCUT2D eigenvalue weighted by Gasteiger charge is 2.33. The second-order valence-corrected chi connectivity index (χ2v) is 5.69. The number of halogens is 3. The van der Waals surface area contributed by atoms with Crippen LogP contribution in [0.5, 0.6) is 0 Å². The highest BCUT2D eigenvalue weighted by Crippen LogP contribution is 2.34. The lowest BCUT2D eigenvalue weighted by Gasteiger charge is -2.13. The van der Waals surface area contributed by atoms with Crippen LogP contribution < -0.4 is 10.6 Å². The van der Waals surface area contributed by atoms with E-state index in [1.807, 2.05) is 6.92 Å². The molecule has 2 aromatic rings. The Morgan fingerprint density at radius 1 is 0.962 bits per heavy atom. The Kier molecular flexibility index (Phi) is 6.38. The standard InChI is InChI=1S/C19H19F3N2O2/c1-2-3-11-23-17(25)13-7-6-8-14(12-13)18(26)24-16-10-5-4-9-15(16)19(20,21)22/h4-10,12H,2-3,11H2,1H3,(H,23,25)(H,24,26). The number of hydrogen-bond donors (Lipinski definition) is 2. The predicted molar refractivity (Wildman–Crippen MR) is 93.1 cm³/mol. The molecule has 0 fully saturated rings. The Balaban J connectivity index is 2.16. The van der Waals surface area contributed by atoms with Crippen LogP contribution in [0.25, 0.3) is 0 Å². The van der Waals surface area contributed by atoms with E-state index in [1.165, 1.54) is 36.4 Å². The zero-order chi connectivity index (χ0) is 19.2. The number of amides is 2. The summed E-state index contributed by atoms with van der Waals surface area (Å²) in [5.74, 6) is -1.05. The molecular weight excluding hydrogens is 345 g/mol. The van der Waals surface area contributed by atoms with Crippen molar-refractivity contribution in [3.8, 4) is 0 Å². The second kappa shape index (κ2) is 8.51.